The third kappa shape index (κ3) is 8.04. The maximum absolute atomic E-state index is 15.1. The second kappa shape index (κ2) is 12.1. The largest absolute Gasteiger partial charge is 0.353 e. The first-order valence-corrected chi connectivity index (χ1v) is 15.3. The van der Waals surface area contributed by atoms with Crippen LogP contribution in [0.2, 0.25) is 0 Å². The molecule has 2 rings (SSSR count). The fourth-order valence-corrected chi connectivity index (χ4v) is 7.15. The Kier molecular flexibility index (Phi) is 10.5. The van der Waals surface area contributed by atoms with Crippen LogP contribution in [0, 0.1) is 17.1 Å². The molecule has 2 unspecified atom stereocenters. The lowest BCUT2D eigenvalue weighted by atomic mass is 9.95. The molecular weight excluding hydrogens is 557 g/mol. The molecule has 1 aromatic carbocycles. The molecule has 35 heavy (non-hydrogen) atoms. The molecule has 1 fully saturated rings. The number of hydrogen-bond donors (Lipinski definition) is 1. The Balaban J connectivity index is 2.47. The SMILES string of the molecule is CC(C)(C)[S@@](=O)N[C@@](C)(CS(=O)(=NCCOC1CCCCO1)C(C)(C)C#N)c1cc(Br)ccc1F. The van der Waals surface area contributed by atoms with Gasteiger partial charge in [-0.3, -0.25) is 0 Å². The standard InChI is InChI=1S/C24H37BrFN3O4S2/c1-22(2,3)34(30)29-24(6,19-15-18(25)10-11-20(19)26)17-35(31,23(4,5)16-27)28-12-14-33-21-9-7-8-13-32-21/h10-11,15,21,29H,7-9,12-14,17H2,1-6H3/t21?,24-,34+,35?/m0/s1. The molecular formula is C24H37BrFN3O4S2. The Hall–Kier alpha value is -0.900. The summed E-state index contributed by atoms with van der Waals surface area (Å²) in [6.07, 6.45) is 2.51. The van der Waals surface area contributed by atoms with Gasteiger partial charge in [0.1, 0.15) is 10.6 Å². The highest BCUT2D eigenvalue weighted by Crippen LogP contribution is 2.34. The molecule has 0 spiro atoms. The van der Waals surface area contributed by atoms with Gasteiger partial charge >= 0.3 is 0 Å². The molecule has 4 atom stereocenters. The molecule has 11 heteroatoms. The maximum atomic E-state index is 15.1. The van der Waals surface area contributed by atoms with E-state index in [0.29, 0.717) is 11.1 Å². The zero-order valence-corrected chi connectivity index (χ0v) is 24.6. The molecule has 7 nitrogen and oxygen atoms in total. The van der Waals surface area contributed by atoms with E-state index in [4.69, 9.17) is 9.47 Å². The highest BCUT2D eigenvalue weighted by Gasteiger charge is 2.43. The van der Waals surface area contributed by atoms with E-state index in [9.17, 15) is 13.7 Å². The van der Waals surface area contributed by atoms with Crippen LogP contribution >= 0.6 is 15.9 Å². The van der Waals surface area contributed by atoms with E-state index in [1.807, 2.05) is 0 Å². The quantitative estimate of drug-likeness (QED) is 0.377. The van der Waals surface area contributed by atoms with E-state index in [0.717, 1.165) is 19.3 Å². The molecule has 0 saturated carbocycles. The zero-order valence-electron chi connectivity index (χ0n) is 21.4. The van der Waals surface area contributed by atoms with Gasteiger partial charge in [-0.15, -0.1) is 0 Å². The summed E-state index contributed by atoms with van der Waals surface area (Å²) in [5.41, 5.74) is -1.17. The van der Waals surface area contributed by atoms with Crippen LogP contribution in [0.15, 0.2) is 27.0 Å². The second-order valence-electron chi connectivity index (χ2n) is 10.4. The van der Waals surface area contributed by atoms with Gasteiger partial charge in [0.2, 0.25) is 0 Å². The molecule has 1 aliphatic heterocycles. The molecule has 0 bridgehead atoms. The van der Waals surface area contributed by atoms with Gasteiger partial charge in [-0.1, -0.05) is 15.9 Å². The van der Waals surface area contributed by atoms with Gasteiger partial charge in [0.25, 0.3) is 0 Å². The van der Waals surface area contributed by atoms with Crippen LogP contribution in [0.5, 0.6) is 0 Å². The minimum absolute atomic E-state index is 0.0865. The van der Waals surface area contributed by atoms with E-state index < -0.39 is 41.6 Å². The van der Waals surface area contributed by atoms with Gasteiger partial charge in [-0.05, 0) is 79.0 Å². The van der Waals surface area contributed by atoms with Crippen LogP contribution < -0.4 is 4.72 Å². The summed E-state index contributed by atoms with van der Waals surface area (Å²) in [5.74, 6) is -0.765. The number of rotatable bonds is 10. The first kappa shape index (κ1) is 30.3. The number of nitriles is 1. The highest BCUT2D eigenvalue weighted by atomic mass is 79.9. The molecule has 1 aromatic rings. The van der Waals surface area contributed by atoms with Gasteiger partial charge < -0.3 is 9.47 Å². The topological polar surface area (TPSA) is 101 Å². The first-order chi connectivity index (χ1) is 16.1. The monoisotopic (exact) mass is 593 g/mol. The molecule has 1 saturated heterocycles. The summed E-state index contributed by atoms with van der Waals surface area (Å²) in [4.78, 5) is 0. The number of halogens is 2. The van der Waals surface area contributed by atoms with Crippen molar-refractivity contribution < 1.29 is 22.3 Å². The summed E-state index contributed by atoms with van der Waals surface area (Å²) < 4.78 is 60.0. The lowest BCUT2D eigenvalue weighted by Crippen LogP contribution is -2.52. The lowest BCUT2D eigenvalue weighted by Gasteiger charge is -2.37. The number of benzene rings is 1. The Labute approximate surface area is 220 Å². The van der Waals surface area contributed by atoms with E-state index in [-0.39, 0.29) is 30.8 Å². The number of hydrogen-bond acceptors (Lipinski definition) is 6. The molecule has 0 aromatic heterocycles. The van der Waals surface area contributed by atoms with Crippen molar-refractivity contribution in [3.63, 3.8) is 0 Å². The van der Waals surface area contributed by atoms with Gasteiger partial charge in [0, 0.05) is 16.6 Å². The Morgan fingerprint density at radius 3 is 2.57 bits per heavy atom. The van der Waals surface area contributed by atoms with Crippen molar-refractivity contribution in [1.82, 2.24) is 4.72 Å². The fourth-order valence-electron chi connectivity index (χ4n) is 3.50. The van der Waals surface area contributed by atoms with Crippen molar-refractivity contribution in [1.29, 1.82) is 5.26 Å². The zero-order chi connectivity index (χ0) is 26.5. The molecule has 1 heterocycles. The van der Waals surface area contributed by atoms with Gasteiger partial charge in [-0.2, -0.15) is 5.26 Å². The van der Waals surface area contributed by atoms with E-state index in [1.165, 1.54) is 6.07 Å². The van der Waals surface area contributed by atoms with Crippen molar-refractivity contribution in [3.05, 3.63) is 34.1 Å². The van der Waals surface area contributed by atoms with Crippen LogP contribution in [-0.4, -0.2) is 49.7 Å². The molecule has 1 N–H and O–H groups in total. The van der Waals surface area contributed by atoms with Crippen molar-refractivity contribution >= 4 is 36.6 Å². The van der Waals surface area contributed by atoms with Crippen LogP contribution in [0.25, 0.3) is 0 Å². The van der Waals surface area contributed by atoms with Crippen molar-refractivity contribution in [2.75, 3.05) is 25.5 Å². The average Bonchev–Trinajstić information content (AvgIpc) is 2.78. The predicted molar refractivity (Wildman–Crippen MR) is 142 cm³/mol. The van der Waals surface area contributed by atoms with Crippen LogP contribution in [0.1, 0.15) is 66.4 Å². The Bertz CT molecular complexity index is 1070. The molecule has 0 amide bonds. The minimum Gasteiger partial charge on any atom is -0.353 e. The third-order valence-electron chi connectivity index (χ3n) is 5.78. The molecule has 0 aliphatic carbocycles. The number of ether oxygens (including phenoxy) is 2. The van der Waals surface area contributed by atoms with Crippen LogP contribution in [-0.2, 0) is 35.7 Å². The van der Waals surface area contributed by atoms with Crippen LogP contribution in [0.4, 0.5) is 4.39 Å². The smallest absolute Gasteiger partial charge is 0.157 e. The summed E-state index contributed by atoms with van der Waals surface area (Å²) in [7, 11) is -4.90. The van der Waals surface area contributed by atoms with E-state index in [2.05, 4.69) is 31.1 Å². The van der Waals surface area contributed by atoms with Gasteiger partial charge in [-0.25, -0.2) is 21.9 Å². The van der Waals surface area contributed by atoms with Crippen LogP contribution in [0.3, 0.4) is 0 Å². The van der Waals surface area contributed by atoms with Crippen molar-refractivity contribution in [3.8, 4) is 6.07 Å². The molecule has 198 valence electrons. The normalized spacial score (nSPS) is 21.4. The summed E-state index contributed by atoms with van der Waals surface area (Å²) in [6, 6.07) is 6.55. The lowest BCUT2D eigenvalue weighted by molar-refractivity contribution is -0.160. The van der Waals surface area contributed by atoms with E-state index in [1.54, 1.807) is 53.7 Å². The summed E-state index contributed by atoms with van der Waals surface area (Å²) >= 11 is 3.37. The Morgan fingerprint density at radius 2 is 2.00 bits per heavy atom. The first-order valence-electron chi connectivity index (χ1n) is 11.6. The number of nitrogens with zero attached hydrogens (tertiary/aromatic N) is 2. The van der Waals surface area contributed by atoms with Crippen molar-refractivity contribution in [2.24, 2.45) is 4.36 Å². The number of nitrogens with one attached hydrogen (secondary N) is 1. The average molecular weight is 595 g/mol. The van der Waals surface area contributed by atoms with Gasteiger partial charge in [0.05, 0.1) is 56.0 Å². The maximum Gasteiger partial charge on any atom is 0.157 e. The summed E-state index contributed by atoms with van der Waals surface area (Å²) in [5, 5.41) is 9.86. The summed E-state index contributed by atoms with van der Waals surface area (Å²) in [6.45, 7) is 11.1. The van der Waals surface area contributed by atoms with Crippen molar-refractivity contribution in [2.45, 2.75) is 82.1 Å². The molecule has 1 aliphatic rings. The highest BCUT2D eigenvalue weighted by molar-refractivity contribution is 9.10. The minimum atomic E-state index is -3.28. The van der Waals surface area contributed by atoms with E-state index >= 15 is 4.39 Å². The second-order valence-corrected chi connectivity index (χ2v) is 16.1. The predicted octanol–water partition coefficient (Wildman–Crippen LogP) is 5.17. The Morgan fingerprint density at radius 1 is 1.31 bits per heavy atom. The third-order valence-corrected chi connectivity index (χ3v) is 11.3. The van der Waals surface area contributed by atoms with Gasteiger partial charge in [0.15, 0.2) is 6.29 Å². The fraction of sp³-hybridized carbons (Fsp3) is 0.708. The molecule has 0 radical (unpaired) electrons.